The van der Waals surface area contributed by atoms with Crippen molar-refractivity contribution in [3.63, 3.8) is 0 Å². The third kappa shape index (κ3) is 3.60. The summed E-state index contributed by atoms with van der Waals surface area (Å²) in [5, 5.41) is 4.51. The van der Waals surface area contributed by atoms with Gasteiger partial charge in [0.2, 0.25) is 0 Å². The second-order valence-corrected chi connectivity index (χ2v) is 6.35. The zero-order chi connectivity index (χ0) is 16.4. The molecule has 5 heteroatoms. The third-order valence-electron chi connectivity index (χ3n) is 4.53. The first-order chi connectivity index (χ1) is 11.0. The molecule has 1 amide bonds. The lowest BCUT2D eigenvalue weighted by Gasteiger charge is -2.32. The molecule has 23 heavy (non-hydrogen) atoms. The van der Waals surface area contributed by atoms with E-state index in [2.05, 4.69) is 22.8 Å². The molecule has 1 aromatic heterocycles. The Kier molecular flexibility index (Phi) is 4.46. The van der Waals surface area contributed by atoms with Gasteiger partial charge in [0.1, 0.15) is 5.82 Å². The number of likely N-dealkylation sites (tertiary alicyclic amines) is 1. The van der Waals surface area contributed by atoms with Gasteiger partial charge in [-0.25, -0.2) is 4.39 Å². The first-order valence-corrected chi connectivity index (χ1v) is 8.09. The van der Waals surface area contributed by atoms with Gasteiger partial charge in [0.15, 0.2) is 0 Å². The monoisotopic (exact) mass is 315 g/mol. The van der Waals surface area contributed by atoms with E-state index in [0.29, 0.717) is 11.5 Å². The molecule has 1 aliphatic heterocycles. The number of halogens is 1. The summed E-state index contributed by atoms with van der Waals surface area (Å²) in [4.78, 5) is 14.3. The van der Waals surface area contributed by atoms with Crippen molar-refractivity contribution in [2.24, 2.45) is 5.92 Å². The van der Waals surface area contributed by atoms with Gasteiger partial charge in [-0.3, -0.25) is 9.48 Å². The molecular formula is C18H22FN3O. The molecule has 2 heterocycles. The van der Waals surface area contributed by atoms with Gasteiger partial charge in [-0.05, 0) is 62.9 Å². The Labute approximate surface area is 135 Å². The van der Waals surface area contributed by atoms with Crippen LogP contribution in [-0.2, 0) is 6.54 Å². The standard InChI is InChI=1S/C18H22FN3O/c1-13-11-14(2)22(20-13)12-15-7-9-21(10-8-15)18(23)16-3-5-17(19)6-4-16/h3-6,11,15H,7-10,12H2,1-2H3. The van der Waals surface area contributed by atoms with Crippen molar-refractivity contribution in [1.82, 2.24) is 14.7 Å². The summed E-state index contributed by atoms with van der Waals surface area (Å²) < 4.78 is 15.0. The molecule has 0 spiro atoms. The second-order valence-electron chi connectivity index (χ2n) is 6.35. The van der Waals surface area contributed by atoms with E-state index in [4.69, 9.17) is 0 Å². The van der Waals surface area contributed by atoms with Crippen LogP contribution in [0.5, 0.6) is 0 Å². The van der Waals surface area contributed by atoms with Crippen LogP contribution < -0.4 is 0 Å². The van der Waals surface area contributed by atoms with E-state index in [1.807, 2.05) is 11.8 Å². The highest BCUT2D eigenvalue weighted by molar-refractivity contribution is 5.94. The Morgan fingerprint density at radius 3 is 2.43 bits per heavy atom. The fourth-order valence-electron chi connectivity index (χ4n) is 3.20. The van der Waals surface area contributed by atoms with Crippen molar-refractivity contribution in [2.75, 3.05) is 13.1 Å². The van der Waals surface area contributed by atoms with Crippen LogP contribution in [0.1, 0.15) is 34.6 Å². The highest BCUT2D eigenvalue weighted by Gasteiger charge is 2.24. The average molecular weight is 315 g/mol. The van der Waals surface area contributed by atoms with E-state index in [0.717, 1.165) is 38.2 Å². The Morgan fingerprint density at radius 1 is 1.22 bits per heavy atom. The van der Waals surface area contributed by atoms with Gasteiger partial charge in [0.05, 0.1) is 5.69 Å². The predicted molar refractivity (Wildman–Crippen MR) is 86.7 cm³/mol. The summed E-state index contributed by atoms with van der Waals surface area (Å²) in [6, 6.07) is 7.87. The van der Waals surface area contributed by atoms with Gasteiger partial charge in [0.25, 0.3) is 5.91 Å². The zero-order valence-corrected chi connectivity index (χ0v) is 13.6. The van der Waals surface area contributed by atoms with Gasteiger partial charge in [-0.1, -0.05) is 0 Å². The number of piperidine rings is 1. The zero-order valence-electron chi connectivity index (χ0n) is 13.6. The number of carbonyl (C=O) groups excluding carboxylic acids is 1. The van der Waals surface area contributed by atoms with Crippen molar-refractivity contribution in [3.8, 4) is 0 Å². The number of nitrogens with zero attached hydrogens (tertiary/aromatic N) is 3. The topological polar surface area (TPSA) is 38.1 Å². The maximum Gasteiger partial charge on any atom is 0.253 e. The molecule has 0 radical (unpaired) electrons. The van der Waals surface area contributed by atoms with Crippen LogP contribution in [0.4, 0.5) is 4.39 Å². The van der Waals surface area contributed by atoms with Gasteiger partial charge >= 0.3 is 0 Å². The molecule has 0 atom stereocenters. The van der Waals surface area contributed by atoms with Gasteiger partial charge in [0, 0.05) is 30.9 Å². The van der Waals surface area contributed by atoms with Gasteiger partial charge in [-0.2, -0.15) is 5.10 Å². The molecule has 1 aromatic carbocycles. The predicted octanol–water partition coefficient (Wildman–Crippen LogP) is 3.19. The van der Waals surface area contributed by atoms with Crippen molar-refractivity contribution in [3.05, 3.63) is 53.1 Å². The molecule has 0 N–H and O–H groups in total. The molecular weight excluding hydrogens is 293 g/mol. The number of benzene rings is 1. The molecule has 3 rings (SSSR count). The number of aromatic nitrogens is 2. The normalized spacial score (nSPS) is 15.9. The van der Waals surface area contributed by atoms with Crippen LogP contribution in [0.25, 0.3) is 0 Å². The number of carbonyl (C=O) groups is 1. The lowest BCUT2D eigenvalue weighted by atomic mass is 9.96. The van der Waals surface area contributed by atoms with E-state index in [9.17, 15) is 9.18 Å². The number of rotatable bonds is 3. The highest BCUT2D eigenvalue weighted by Crippen LogP contribution is 2.21. The van der Waals surface area contributed by atoms with E-state index < -0.39 is 0 Å². The minimum atomic E-state index is -0.315. The number of hydrogen-bond acceptors (Lipinski definition) is 2. The first kappa shape index (κ1) is 15.7. The van der Waals surface area contributed by atoms with Crippen LogP contribution in [0.2, 0.25) is 0 Å². The van der Waals surface area contributed by atoms with Crippen molar-refractivity contribution in [2.45, 2.75) is 33.2 Å². The molecule has 0 saturated carbocycles. The van der Waals surface area contributed by atoms with E-state index in [1.54, 1.807) is 12.1 Å². The Balaban J connectivity index is 1.56. The summed E-state index contributed by atoms with van der Waals surface area (Å²) in [6.45, 7) is 6.50. The molecule has 0 aliphatic carbocycles. The van der Waals surface area contributed by atoms with Crippen molar-refractivity contribution < 1.29 is 9.18 Å². The SMILES string of the molecule is Cc1cc(C)n(CC2CCN(C(=O)c3ccc(F)cc3)CC2)n1. The van der Waals surface area contributed by atoms with Crippen LogP contribution in [0.3, 0.4) is 0 Å². The van der Waals surface area contributed by atoms with Gasteiger partial charge < -0.3 is 4.90 Å². The summed E-state index contributed by atoms with van der Waals surface area (Å²) in [6.07, 6.45) is 1.95. The van der Waals surface area contributed by atoms with Crippen LogP contribution >= 0.6 is 0 Å². The molecule has 2 aromatic rings. The highest BCUT2D eigenvalue weighted by atomic mass is 19.1. The fourth-order valence-corrected chi connectivity index (χ4v) is 3.20. The molecule has 1 aliphatic rings. The Hall–Kier alpha value is -2.17. The summed E-state index contributed by atoms with van der Waals surface area (Å²) in [5.74, 6) is 0.227. The summed E-state index contributed by atoms with van der Waals surface area (Å²) in [5.41, 5.74) is 2.79. The van der Waals surface area contributed by atoms with Crippen molar-refractivity contribution >= 4 is 5.91 Å². The Bertz CT molecular complexity index is 685. The number of amides is 1. The van der Waals surface area contributed by atoms with Gasteiger partial charge in [-0.15, -0.1) is 0 Å². The second kappa shape index (κ2) is 6.52. The summed E-state index contributed by atoms with van der Waals surface area (Å²) in [7, 11) is 0. The maximum absolute atomic E-state index is 13.0. The smallest absolute Gasteiger partial charge is 0.253 e. The fraction of sp³-hybridized carbons (Fsp3) is 0.444. The molecule has 4 nitrogen and oxygen atoms in total. The molecule has 1 fully saturated rings. The lowest BCUT2D eigenvalue weighted by Crippen LogP contribution is -2.39. The lowest BCUT2D eigenvalue weighted by molar-refractivity contribution is 0.0681. The van der Waals surface area contributed by atoms with E-state index in [1.165, 1.54) is 17.8 Å². The van der Waals surface area contributed by atoms with Crippen LogP contribution in [0.15, 0.2) is 30.3 Å². The molecule has 122 valence electrons. The van der Waals surface area contributed by atoms with Crippen LogP contribution in [0, 0.1) is 25.6 Å². The van der Waals surface area contributed by atoms with Crippen molar-refractivity contribution in [1.29, 1.82) is 0 Å². The third-order valence-corrected chi connectivity index (χ3v) is 4.53. The average Bonchev–Trinajstić information content (AvgIpc) is 2.86. The quantitative estimate of drug-likeness (QED) is 0.872. The largest absolute Gasteiger partial charge is 0.339 e. The molecule has 0 unspecified atom stereocenters. The Morgan fingerprint density at radius 2 is 1.87 bits per heavy atom. The first-order valence-electron chi connectivity index (χ1n) is 8.09. The minimum absolute atomic E-state index is 0.00503. The number of hydrogen-bond donors (Lipinski definition) is 0. The summed E-state index contributed by atoms with van der Waals surface area (Å²) >= 11 is 0. The molecule has 1 saturated heterocycles. The molecule has 0 bridgehead atoms. The maximum atomic E-state index is 13.0. The van der Waals surface area contributed by atoms with E-state index >= 15 is 0 Å². The van der Waals surface area contributed by atoms with E-state index in [-0.39, 0.29) is 11.7 Å². The minimum Gasteiger partial charge on any atom is -0.339 e. The van der Waals surface area contributed by atoms with Crippen LogP contribution in [-0.4, -0.2) is 33.7 Å². The number of aryl methyl sites for hydroxylation is 2.